The normalized spacial score (nSPS) is 11.7. The first-order valence-corrected chi connectivity index (χ1v) is 7.70. The predicted molar refractivity (Wildman–Crippen MR) is 84.5 cm³/mol. The van der Waals surface area contributed by atoms with Gasteiger partial charge in [-0.1, -0.05) is 25.3 Å². The van der Waals surface area contributed by atoms with Gasteiger partial charge in [0.2, 0.25) is 5.91 Å². The van der Waals surface area contributed by atoms with Crippen LogP contribution in [0.15, 0.2) is 12.7 Å². The highest BCUT2D eigenvalue weighted by Gasteiger charge is 2.20. The van der Waals surface area contributed by atoms with Gasteiger partial charge in [0.1, 0.15) is 12.6 Å². The smallest absolute Gasteiger partial charge is 0.328 e. The van der Waals surface area contributed by atoms with Crippen molar-refractivity contribution in [3.05, 3.63) is 12.7 Å². The average Bonchev–Trinajstić information content (AvgIpc) is 2.53. The monoisotopic (exact) mass is 315 g/mol. The number of rotatable bonds is 14. The lowest BCUT2D eigenvalue weighted by atomic mass is 10.1. The number of carbonyl (C=O) groups is 2. The fourth-order valence-electron chi connectivity index (χ4n) is 1.93. The van der Waals surface area contributed by atoms with E-state index in [0.29, 0.717) is 19.6 Å². The van der Waals surface area contributed by atoms with E-state index in [-0.39, 0.29) is 12.5 Å². The van der Waals surface area contributed by atoms with Crippen molar-refractivity contribution in [2.45, 2.75) is 44.6 Å². The summed E-state index contributed by atoms with van der Waals surface area (Å²) in [7, 11) is 2.88. The Hall–Kier alpha value is -1.40. The largest absolute Gasteiger partial charge is 0.467 e. The van der Waals surface area contributed by atoms with Crippen molar-refractivity contribution in [2.24, 2.45) is 0 Å². The number of allylic oxidation sites excluding steroid dienone is 1. The van der Waals surface area contributed by atoms with E-state index in [1.807, 2.05) is 6.08 Å². The van der Waals surface area contributed by atoms with Crippen LogP contribution < -0.4 is 5.32 Å². The van der Waals surface area contributed by atoms with Crippen molar-refractivity contribution in [1.82, 2.24) is 5.32 Å². The van der Waals surface area contributed by atoms with Gasteiger partial charge in [0.25, 0.3) is 0 Å². The maximum atomic E-state index is 11.7. The molecule has 0 radical (unpaired) electrons. The van der Waals surface area contributed by atoms with Gasteiger partial charge in [-0.05, 0) is 19.3 Å². The van der Waals surface area contributed by atoms with Crippen molar-refractivity contribution in [2.75, 3.05) is 34.0 Å². The summed E-state index contributed by atoms with van der Waals surface area (Å²) in [4.78, 5) is 23.4. The third-order valence-electron chi connectivity index (χ3n) is 3.14. The Balaban J connectivity index is 3.98. The summed E-state index contributed by atoms with van der Waals surface area (Å²) >= 11 is 0. The van der Waals surface area contributed by atoms with Gasteiger partial charge in [0.15, 0.2) is 0 Å². The van der Waals surface area contributed by atoms with Crippen molar-refractivity contribution >= 4 is 11.9 Å². The van der Waals surface area contributed by atoms with E-state index in [1.165, 1.54) is 7.11 Å². The van der Waals surface area contributed by atoms with Crippen LogP contribution in [0.25, 0.3) is 0 Å². The standard InChI is InChI=1S/C16H29NO5/c1-4-5-6-7-8-9-10-14(16(19)21-3)17-15(18)13-22-12-11-20-2/h4,14H,1,5-13H2,2-3H3,(H,17,18)/t14-/m1/s1. The zero-order valence-electron chi connectivity index (χ0n) is 13.8. The Kier molecular flexibility index (Phi) is 13.6. The van der Waals surface area contributed by atoms with Gasteiger partial charge in [0, 0.05) is 7.11 Å². The lowest BCUT2D eigenvalue weighted by molar-refractivity contribution is -0.146. The molecule has 0 aromatic heterocycles. The highest BCUT2D eigenvalue weighted by Crippen LogP contribution is 2.08. The molecule has 0 aliphatic rings. The molecule has 0 aliphatic carbocycles. The van der Waals surface area contributed by atoms with Gasteiger partial charge in [-0.15, -0.1) is 6.58 Å². The van der Waals surface area contributed by atoms with E-state index in [9.17, 15) is 9.59 Å². The minimum absolute atomic E-state index is 0.0871. The lowest BCUT2D eigenvalue weighted by Gasteiger charge is -2.16. The molecule has 0 aliphatic heterocycles. The summed E-state index contributed by atoms with van der Waals surface area (Å²) in [5, 5.41) is 2.65. The molecule has 0 rings (SSSR count). The molecule has 1 amide bonds. The topological polar surface area (TPSA) is 73.9 Å². The van der Waals surface area contributed by atoms with Crippen LogP contribution in [-0.4, -0.2) is 52.0 Å². The summed E-state index contributed by atoms with van der Waals surface area (Å²) in [5.41, 5.74) is 0. The first-order valence-electron chi connectivity index (χ1n) is 7.70. The molecule has 6 heteroatoms. The van der Waals surface area contributed by atoms with E-state index >= 15 is 0 Å². The van der Waals surface area contributed by atoms with Crippen LogP contribution in [-0.2, 0) is 23.8 Å². The second-order valence-corrected chi connectivity index (χ2v) is 4.97. The Labute approximate surface area is 133 Å². The van der Waals surface area contributed by atoms with Gasteiger partial charge in [-0.2, -0.15) is 0 Å². The van der Waals surface area contributed by atoms with Crippen LogP contribution in [0.4, 0.5) is 0 Å². The van der Waals surface area contributed by atoms with Crippen LogP contribution in [0.1, 0.15) is 38.5 Å². The minimum Gasteiger partial charge on any atom is -0.467 e. The number of hydrogen-bond donors (Lipinski definition) is 1. The molecule has 0 bridgehead atoms. The molecule has 0 aromatic rings. The van der Waals surface area contributed by atoms with Crippen LogP contribution in [0.5, 0.6) is 0 Å². The number of amides is 1. The molecule has 0 spiro atoms. The molecule has 0 saturated carbocycles. The molecular formula is C16H29NO5. The number of carbonyl (C=O) groups excluding carboxylic acids is 2. The summed E-state index contributed by atoms with van der Waals surface area (Å²) in [5.74, 6) is -0.741. The van der Waals surface area contributed by atoms with Crippen LogP contribution in [0.3, 0.4) is 0 Å². The number of nitrogens with one attached hydrogen (secondary N) is 1. The summed E-state index contributed by atoms with van der Waals surface area (Å²) in [6.07, 6.45) is 7.56. The van der Waals surface area contributed by atoms with E-state index in [4.69, 9.17) is 14.2 Å². The SMILES string of the molecule is C=CCCCCCC[C@@H](NC(=O)COCCOC)C(=O)OC. The Morgan fingerprint density at radius 2 is 1.86 bits per heavy atom. The minimum atomic E-state index is -0.608. The number of methoxy groups -OCH3 is 2. The maximum Gasteiger partial charge on any atom is 0.328 e. The zero-order valence-corrected chi connectivity index (χ0v) is 13.8. The van der Waals surface area contributed by atoms with E-state index in [0.717, 1.165) is 32.1 Å². The second-order valence-electron chi connectivity index (χ2n) is 4.97. The van der Waals surface area contributed by atoms with Crippen molar-refractivity contribution in [3.8, 4) is 0 Å². The average molecular weight is 315 g/mol. The third kappa shape index (κ3) is 11.3. The highest BCUT2D eigenvalue weighted by atomic mass is 16.5. The number of esters is 1. The quantitative estimate of drug-likeness (QED) is 0.301. The van der Waals surface area contributed by atoms with E-state index in [1.54, 1.807) is 7.11 Å². The molecule has 6 nitrogen and oxygen atoms in total. The molecule has 1 N–H and O–H groups in total. The summed E-state index contributed by atoms with van der Waals surface area (Å²) < 4.78 is 14.7. The lowest BCUT2D eigenvalue weighted by Crippen LogP contribution is -2.43. The van der Waals surface area contributed by atoms with Crippen molar-refractivity contribution < 1.29 is 23.8 Å². The Morgan fingerprint density at radius 1 is 1.14 bits per heavy atom. The third-order valence-corrected chi connectivity index (χ3v) is 3.14. The van der Waals surface area contributed by atoms with Gasteiger partial charge in [-0.3, -0.25) is 4.79 Å². The van der Waals surface area contributed by atoms with E-state index < -0.39 is 12.0 Å². The van der Waals surface area contributed by atoms with Gasteiger partial charge in [0.05, 0.1) is 20.3 Å². The summed E-state index contributed by atoms with van der Waals surface area (Å²) in [6.45, 7) is 4.37. The molecule has 0 fully saturated rings. The maximum absolute atomic E-state index is 11.7. The molecule has 0 aromatic carbocycles. The number of hydrogen-bond acceptors (Lipinski definition) is 5. The predicted octanol–water partition coefficient (Wildman–Crippen LogP) is 1.83. The molecular weight excluding hydrogens is 286 g/mol. The first kappa shape index (κ1) is 20.6. The Bertz CT molecular complexity index is 320. The van der Waals surface area contributed by atoms with Crippen LogP contribution in [0, 0.1) is 0 Å². The van der Waals surface area contributed by atoms with Gasteiger partial charge in [-0.25, -0.2) is 4.79 Å². The molecule has 128 valence electrons. The van der Waals surface area contributed by atoms with Crippen LogP contribution >= 0.6 is 0 Å². The van der Waals surface area contributed by atoms with Crippen LogP contribution in [0.2, 0.25) is 0 Å². The molecule has 0 saturated heterocycles. The second kappa shape index (κ2) is 14.5. The Morgan fingerprint density at radius 3 is 2.50 bits per heavy atom. The van der Waals surface area contributed by atoms with Crippen molar-refractivity contribution in [3.63, 3.8) is 0 Å². The fourth-order valence-corrected chi connectivity index (χ4v) is 1.93. The highest BCUT2D eigenvalue weighted by molar-refractivity contribution is 5.84. The molecule has 1 atom stereocenters. The number of ether oxygens (including phenoxy) is 3. The summed E-state index contributed by atoms with van der Waals surface area (Å²) in [6, 6.07) is -0.608. The molecule has 0 heterocycles. The fraction of sp³-hybridized carbons (Fsp3) is 0.750. The zero-order chi connectivity index (χ0) is 16.6. The number of unbranched alkanes of at least 4 members (excludes halogenated alkanes) is 4. The van der Waals surface area contributed by atoms with Gasteiger partial charge >= 0.3 is 5.97 Å². The van der Waals surface area contributed by atoms with Gasteiger partial charge < -0.3 is 19.5 Å². The van der Waals surface area contributed by atoms with E-state index in [2.05, 4.69) is 11.9 Å². The molecule has 22 heavy (non-hydrogen) atoms. The first-order chi connectivity index (χ1) is 10.7. The molecule has 0 unspecified atom stereocenters. The van der Waals surface area contributed by atoms with Crippen molar-refractivity contribution in [1.29, 1.82) is 0 Å².